The smallest absolute Gasteiger partial charge is 0.340 e. The molecule has 1 aromatic carbocycles. The molecule has 1 rings (SSSR count). The minimum absolute atomic E-state index is 0.0356. The van der Waals surface area contributed by atoms with Crippen LogP contribution in [-0.2, 0) is 4.74 Å². The molecule has 6 nitrogen and oxygen atoms in total. The first kappa shape index (κ1) is 13.0. The molecule has 2 N–H and O–H groups in total. The molecule has 6 heteroatoms. The van der Waals surface area contributed by atoms with Gasteiger partial charge in [-0.3, -0.25) is 10.1 Å². The van der Waals surface area contributed by atoms with E-state index in [0.717, 1.165) is 6.07 Å². The lowest BCUT2D eigenvalue weighted by Gasteiger charge is -2.19. The molecular weight excluding hydrogens is 224 g/mol. The summed E-state index contributed by atoms with van der Waals surface area (Å²) in [6, 6.07) is 3.65. The first-order chi connectivity index (χ1) is 7.70. The molecule has 0 fully saturated rings. The number of non-ortho nitro benzene ring substituents is 1. The van der Waals surface area contributed by atoms with Gasteiger partial charge in [-0.25, -0.2) is 4.79 Å². The zero-order chi connectivity index (χ0) is 13.2. The van der Waals surface area contributed by atoms with Gasteiger partial charge in [0.1, 0.15) is 5.60 Å². The van der Waals surface area contributed by atoms with E-state index in [4.69, 9.17) is 10.5 Å². The normalized spacial score (nSPS) is 11.0. The van der Waals surface area contributed by atoms with Gasteiger partial charge in [-0.15, -0.1) is 0 Å². The summed E-state index contributed by atoms with van der Waals surface area (Å²) in [7, 11) is 0. The number of nitrogens with zero attached hydrogens (tertiary/aromatic N) is 1. The molecule has 0 aliphatic heterocycles. The SMILES string of the molecule is CC(C)(C)OC(=O)c1ccc([N+](=O)[O-])cc1N. The molecule has 17 heavy (non-hydrogen) atoms. The largest absolute Gasteiger partial charge is 0.456 e. The Bertz CT molecular complexity index is 463. The van der Waals surface area contributed by atoms with E-state index < -0.39 is 16.5 Å². The Kier molecular flexibility index (Phi) is 3.36. The maximum atomic E-state index is 11.7. The third-order valence-electron chi connectivity index (χ3n) is 1.86. The molecule has 0 bridgehead atoms. The van der Waals surface area contributed by atoms with Crippen molar-refractivity contribution in [2.45, 2.75) is 26.4 Å². The van der Waals surface area contributed by atoms with Crippen molar-refractivity contribution in [2.75, 3.05) is 5.73 Å². The predicted octanol–water partition coefficient (Wildman–Crippen LogP) is 2.13. The van der Waals surface area contributed by atoms with Crippen LogP contribution in [0.15, 0.2) is 18.2 Å². The molecule has 0 spiro atoms. The van der Waals surface area contributed by atoms with Crippen LogP contribution >= 0.6 is 0 Å². The van der Waals surface area contributed by atoms with Crippen LogP contribution in [0.4, 0.5) is 11.4 Å². The fraction of sp³-hybridized carbons (Fsp3) is 0.364. The highest BCUT2D eigenvalue weighted by Crippen LogP contribution is 2.22. The monoisotopic (exact) mass is 238 g/mol. The molecule has 0 aliphatic rings. The number of ether oxygens (including phenoxy) is 1. The van der Waals surface area contributed by atoms with E-state index in [0.29, 0.717) is 0 Å². The van der Waals surface area contributed by atoms with Crippen LogP contribution in [0, 0.1) is 10.1 Å². The second-order valence-electron chi connectivity index (χ2n) is 4.53. The van der Waals surface area contributed by atoms with E-state index in [-0.39, 0.29) is 16.9 Å². The van der Waals surface area contributed by atoms with E-state index in [2.05, 4.69) is 0 Å². The highest BCUT2D eigenvalue weighted by molar-refractivity contribution is 5.95. The van der Waals surface area contributed by atoms with Crippen molar-refractivity contribution in [1.29, 1.82) is 0 Å². The highest BCUT2D eigenvalue weighted by atomic mass is 16.6. The third kappa shape index (κ3) is 3.44. The molecule has 0 aromatic heterocycles. The number of carbonyl (C=O) groups is 1. The number of nitro benzene ring substituents is 1. The number of hydrogen-bond donors (Lipinski definition) is 1. The Balaban J connectivity index is 3.00. The number of rotatable bonds is 2. The topological polar surface area (TPSA) is 95.5 Å². The summed E-state index contributed by atoms with van der Waals surface area (Å²) in [5, 5.41) is 10.5. The van der Waals surface area contributed by atoms with Gasteiger partial charge in [0.25, 0.3) is 5.69 Å². The molecule has 1 aromatic rings. The standard InChI is InChI=1S/C11H14N2O4/c1-11(2,3)17-10(14)8-5-4-7(13(15)16)6-9(8)12/h4-6H,12H2,1-3H3. The number of hydrogen-bond acceptors (Lipinski definition) is 5. The number of anilines is 1. The molecular formula is C11H14N2O4. The summed E-state index contributed by atoms with van der Waals surface area (Å²) in [4.78, 5) is 21.6. The molecule has 0 aliphatic carbocycles. The van der Waals surface area contributed by atoms with Gasteiger partial charge in [0.15, 0.2) is 0 Å². The summed E-state index contributed by atoms with van der Waals surface area (Å²) in [5.41, 5.74) is 4.95. The Morgan fingerprint density at radius 2 is 2.00 bits per heavy atom. The summed E-state index contributed by atoms with van der Waals surface area (Å²) >= 11 is 0. The molecule has 0 saturated heterocycles. The van der Waals surface area contributed by atoms with Crippen LogP contribution in [0.3, 0.4) is 0 Å². The Labute approximate surface area is 98.5 Å². The van der Waals surface area contributed by atoms with Crippen LogP contribution in [0.5, 0.6) is 0 Å². The second-order valence-corrected chi connectivity index (χ2v) is 4.53. The molecule has 0 amide bonds. The Morgan fingerprint density at radius 3 is 2.41 bits per heavy atom. The van der Waals surface area contributed by atoms with Crippen LogP contribution in [0.1, 0.15) is 31.1 Å². The van der Waals surface area contributed by atoms with Gasteiger partial charge in [-0.2, -0.15) is 0 Å². The van der Waals surface area contributed by atoms with Crippen molar-refractivity contribution in [3.8, 4) is 0 Å². The van der Waals surface area contributed by atoms with Crippen molar-refractivity contribution < 1.29 is 14.5 Å². The Morgan fingerprint density at radius 1 is 1.41 bits per heavy atom. The Hall–Kier alpha value is -2.11. The lowest BCUT2D eigenvalue weighted by atomic mass is 10.1. The molecule has 0 heterocycles. The average molecular weight is 238 g/mol. The average Bonchev–Trinajstić information content (AvgIpc) is 2.14. The first-order valence-electron chi connectivity index (χ1n) is 4.98. The van der Waals surface area contributed by atoms with E-state index in [1.807, 2.05) is 0 Å². The van der Waals surface area contributed by atoms with Gasteiger partial charge >= 0.3 is 5.97 Å². The summed E-state index contributed by atoms with van der Waals surface area (Å²) in [5.74, 6) is -0.593. The van der Waals surface area contributed by atoms with Crippen molar-refractivity contribution in [3.05, 3.63) is 33.9 Å². The van der Waals surface area contributed by atoms with Gasteiger partial charge in [0.05, 0.1) is 16.2 Å². The molecule has 92 valence electrons. The number of carbonyl (C=O) groups excluding carboxylic acids is 1. The van der Waals surface area contributed by atoms with Crippen LogP contribution in [0.2, 0.25) is 0 Å². The van der Waals surface area contributed by atoms with E-state index >= 15 is 0 Å². The highest BCUT2D eigenvalue weighted by Gasteiger charge is 2.21. The lowest BCUT2D eigenvalue weighted by Crippen LogP contribution is -2.24. The summed E-state index contributed by atoms with van der Waals surface area (Å²) in [6.45, 7) is 5.19. The minimum atomic E-state index is -0.634. The lowest BCUT2D eigenvalue weighted by molar-refractivity contribution is -0.384. The second kappa shape index (κ2) is 4.40. The van der Waals surface area contributed by atoms with Gasteiger partial charge in [0.2, 0.25) is 0 Å². The van der Waals surface area contributed by atoms with Gasteiger partial charge in [0, 0.05) is 12.1 Å². The summed E-state index contributed by atoms with van der Waals surface area (Å²) in [6.07, 6.45) is 0. The minimum Gasteiger partial charge on any atom is -0.456 e. The zero-order valence-corrected chi connectivity index (χ0v) is 9.89. The van der Waals surface area contributed by atoms with Crippen LogP contribution < -0.4 is 5.73 Å². The molecule has 0 radical (unpaired) electrons. The third-order valence-corrected chi connectivity index (χ3v) is 1.86. The zero-order valence-electron chi connectivity index (χ0n) is 9.89. The summed E-state index contributed by atoms with van der Waals surface area (Å²) < 4.78 is 5.12. The number of nitro groups is 1. The number of benzene rings is 1. The van der Waals surface area contributed by atoms with Crippen LogP contribution in [-0.4, -0.2) is 16.5 Å². The van der Waals surface area contributed by atoms with Crippen molar-refractivity contribution in [2.24, 2.45) is 0 Å². The fourth-order valence-electron chi connectivity index (χ4n) is 1.18. The van der Waals surface area contributed by atoms with Crippen molar-refractivity contribution >= 4 is 17.3 Å². The fourth-order valence-corrected chi connectivity index (χ4v) is 1.18. The number of nitrogens with two attached hydrogens (primary N) is 1. The first-order valence-corrected chi connectivity index (χ1v) is 4.98. The maximum Gasteiger partial charge on any atom is 0.340 e. The number of esters is 1. The molecule has 0 unspecified atom stereocenters. The molecule has 0 atom stereocenters. The van der Waals surface area contributed by atoms with E-state index in [1.165, 1.54) is 12.1 Å². The maximum absolute atomic E-state index is 11.7. The van der Waals surface area contributed by atoms with Crippen molar-refractivity contribution in [3.63, 3.8) is 0 Å². The van der Waals surface area contributed by atoms with E-state index in [1.54, 1.807) is 20.8 Å². The van der Waals surface area contributed by atoms with Gasteiger partial charge in [-0.05, 0) is 26.8 Å². The van der Waals surface area contributed by atoms with Crippen LogP contribution in [0.25, 0.3) is 0 Å². The van der Waals surface area contributed by atoms with E-state index in [9.17, 15) is 14.9 Å². The predicted molar refractivity (Wildman–Crippen MR) is 62.7 cm³/mol. The number of nitrogen functional groups attached to an aromatic ring is 1. The molecule has 0 saturated carbocycles. The van der Waals surface area contributed by atoms with Gasteiger partial charge in [-0.1, -0.05) is 0 Å². The quantitative estimate of drug-likeness (QED) is 0.368. The van der Waals surface area contributed by atoms with Crippen molar-refractivity contribution in [1.82, 2.24) is 0 Å². The van der Waals surface area contributed by atoms with Gasteiger partial charge < -0.3 is 10.5 Å².